The van der Waals surface area contributed by atoms with Gasteiger partial charge in [-0.3, -0.25) is 14.2 Å². The van der Waals surface area contributed by atoms with Crippen molar-refractivity contribution in [3.05, 3.63) is 56.0 Å². The van der Waals surface area contributed by atoms with E-state index in [9.17, 15) is 9.59 Å². The first kappa shape index (κ1) is 16.2. The number of para-hydroxylation sites is 1. The quantitative estimate of drug-likeness (QED) is 0.388. The number of thioether (sulfide) groups is 1. The first-order valence-electron chi connectivity index (χ1n) is 7.01. The van der Waals surface area contributed by atoms with E-state index in [0.717, 1.165) is 0 Å². The van der Waals surface area contributed by atoms with Crippen LogP contribution < -0.4 is 5.56 Å². The van der Waals surface area contributed by atoms with Crippen LogP contribution in [0.15, 0.2) is 46.3 Å². The third kappa shape index (κ3) is 3.34. The zero-order valence-corrected chi connectivity index (χ0v) is 14.7. The molecular formula is C16H13ClN2O2S2. The molecule has 7 heteroatoms. The molecule has 0 aliphatic carbocycles. The summed E-state index contributed by atoms with van der Waals surface area (Å²) < 4.78 is 2.19. The fraction of sp³-hybridized carbons (Fsp3) is 0.188. The van der Waals surface area contributed by atoms with Gasteiger partial charge in [0, 0.05) is 6.54 Å². The maximum Gasteiger partial charge on any atom is 0.262 e. The van der Waals surface area contributed by atoms with Gasteiger partial charge in [0.1, 0.15) is 0 Å². The van der Waals surface area contributed by atoms with Crippen LogP contribution in [0.3, 0.4) is 0 Å². The number of carbonyl (C=O) groups is 1. The number of ketones is 1. The number of Topliss-reactive ketones (excluding diaryl/α,β-unsaturated/α-hetero) is 1. The van der Waals surface area contributed by atoms with E-state index in [-0.39, 0.29) is 17.1 Å². The summed E-state index contributed by atoms with van der Waals surface area (Å²) in [6, 6.07) is 10.7. The Morgan fingerprint density at radius 1 is 1.30 bits per heavy atom. The molecule has 23 heavy (non-hydrogen) atoms. The van der Waals surface area contributed by atoms with Crippen LogP contribution >= 0.6 is 34.7 Å². The zero-order chi connectivity index (χ0) is 16.4. The summed E-state index contributed by atoms with van der Waals surface area (Å²) in [5.41, 5.74) is 0.573. The molecule has 4 nitrogen and oxygen atoms in total. The minimum Gasteiger partial charge on any atom is -0.292 e. The van der Waals surface area contributed by atoms with Crippen molar-refractivity contribution in [2.24, 2.45) is 0 Å². The van der Waals surface area contributed by atoms with Gasteiger partial charge in [0.15, 0.2) is 10.9 Å². The smallest absolute Gasteiger partial charge is 0.262 e. The lowest BCUT2D eigenvalue weighted by molar-refractivity contribution is 0.102. The van der Waals surface area contributed by atoms with Crippen LogP contribution in [0.2, 0.25) is 4.34 Å². The summed E-state index contributed by atoms with van der Waals surface area (Å²) in [6.07, 6.45) is 0. The van der Waals surface area contributed by atoms with Crippen LogP contribution in [-0.4, -0.2) is 21.1 Å². The standard InChI is InChI=1S/C16H13ClN2O2S2/c1-2-19-15(21)10-5-3-4-6-11(10)18-16(19)22-9-12(20)13-7-8-14(17)23-13/h3-8H,2,9H2,1H3. The van der Waals surface area contributed by atoms with Crippen LogP contribution in [0.5, 0.6) is 0 Å². The average molecular weight is 365 g/mol. The number of nitrogens with zero attached hydrogens (tertiary/aromatic N) is 2. The predicted octanol–water partition coefficient (Wildman–Crippen LogP) is 4.11. The normalized spacial score (nSPS) is 11.0. The first-order chi connectivity index (χ1) is 11.1. The van der Waals surface area contributed by atoms with E-state index in [1.165, 1.54) is 23.1 Å². The number of fused-ring (bicyclic) bond motifs is 1. The minimum absolute atomic E-state index is 0.0167. The van der Waals surface area contributed by atoms with E-state index in [0.29, 0.717) is 31.8 Å². The van der Waals surface area contributed by atoms with Crippen molar-refractivity contribution in [2.45, 2.75) is 18.6 Å². The molecule has 118 valence electrons. The molecular weight excluding hydrogens is 352 g/mol. The molecule has 0 saturated carbocycles. The Bertz CT molecular complexity index is 933. The van der Waals surface area contributed by atoms with Crippen molar-refractivity contribution < 1.29 is 4.79 Å². The van der Waals surface area contributed by atoms with Crippen molar-refractivity contribution in [1.29, 1.82) is 0 Å². The molecule has 0 atom stereocenters. The Balaban J connectivity index is 1.90. The highest BCUT2D eigenvalue weighted by molar-refractivity contribution is 7.99. The summed E-state index contributed by atoms with van der Waals surface area (Å²) in [4.78, 5) is 29.9. The Morgan fingerprint density at radius 2 is 2.09 bits per heavy atom. The van der Waals surface area contributed by atoms with Crippen molar-refractivity contribution in [3.8, 4) is 0 Å². The highest BCUT2D eigenvalue weighted by Crippen LogP contribution is 2.24. The van der Waals surface area contributed by atoms with Gasteiger partial charge in [-0.15, -0.1) is 11.3 Å². The van der Waals surface area contributed by atoms with Gasteiger partial charge in [0.2, 0.25) is 0 Å². The predicted molar refractivity (Wildman–Crippen MR) is 96.1 cm³/mol. The van der Waals surface area contributed by atoms with Crippen LogP contribution in [0, 0.1) is 0 Å². The van der Waals surface area contributed by atoms with Crippen molar-refractivity contribution in [3.63, 3.8) is 0 Å². The van der Waals surface area contributed by atoms with Crippen LogP contribution in [-0.2, 0) is 6.54 Å². The van der Waals surface area contributed by atoms with E-state index >= 15 is 0 Å². The fourth-order valence-electron chi connectivity index (χ4n) is 2.20. The lowest BCUT2D eigenvalue weighted by Gasteiger charge is -2.10. The zero-order valence-electron chi connectivity index (χ0n) is 12.3. The highest BCUT2D eigenvalue weighted by atomic mass is 35.5. The Hall–Kier alpha value is -1.63. The molecule has 3 rings (SSSR count). The summed E-state index contributed by atoms with van der Waals surface area (Å²) in [5, 5.41) is 1.15. The molecule has 2 aromatic heterocycles. The SMILES string of the molecule is CCn1c(SCC(=O)c2ccc(Cl)s2)nc2ccccc2c1=O. The van der Waals surface area contributed by atoms with Crippen LogP contribution in [0.4, 0.5) is 0 Å². The molecule has 0 spiro atoms. The third-order valence-corrected chi connectivity index (χ3v) is 5.57. The summed E-state index contributed by atoms with van der Waals surface area (Å²) in [7, 11) is 0. The number of hydrogen-bond donors (Lipinski definition) is 0. The maximum absolute atomic E-state index is 12.5. The van der Waals surface area contributed by atoms with E-state index in [1.807, 2.05) is 25.1 Å². The van der Waals surface area contributed by atoms with Gasteiger partial charge in [-0.2, -0.15) is 0 Å². The summed E-state index contributed by atoms with van der Waals surface area (Å²) in [5.74, 6) is 0.207. The Morgan fingerprint density at radius 3 is 2.78 bits per heavy atom. The summed E-state index contributed by atoms with van der Waals surface area (Å²) >= 11 is 8.40. The number of hydrogen-bond acceptors (Lipinski definition) is 5. The molecule has 0 aliphatic heterocycles. The molecule has 0 radical (unpaired) electrons. The number of thiophene rings is 1. The van der Waals surface area contributed by atoms with Crippen molar-refractivity contribution >= 4 is 51.4 Å². The Labute approximate surface area is 146 Å². The van der Waals surface area contributed by atoms with Gasteiger partial charge in [0.05, 0.1) is 25.9 Å². The van der Waals surface area contributed by atoms with Crippen molar-refractivity contribution in [1.82, 2.24) is 9.55 Å². The highest BCUT2D eigenvalue weighted by Gasteiger charge is 2.14. The van der Waals surface area contributed by atoms with Gasteiger partial charge in [-0.25, -0.2) is 4.98 Å². The van der Waals surface area contributed by atoms with E-state index < -0.39 is 0 Å². The number of halogens is 1. The average Bonchev–Trinajstić information content (AvgIpc) is 2.99. The molecule has 0 fully saturated rings. The number of aromatic nitrogens is 2. The largest absolute Gasteiger partial charge is 0.292 e. The number of benzene rings is 1. The molecule has 2 heterocycles. The second-order valence-electron chi connectivity index (χ2n) is 4.78. The number of rotatable bonds is 5. The molecule has 0 unspecified atom stereocenters. The second kappa shape index (κ2) is 6.86. The molecule has 0 N–H and O–H groups in total. The third-order valence-electron chi connectivity index (χ3n) is 3.32. The van der Waals surface area contributed by atoms with Gasteiger partial charge in [-0.05, 0) is 31.2 Å². The van der Waals surface area contributed by atoms with Crippen LogP contribution in [0.1, 0.15) is 16.6 Å². The molecule has 1 aromatic carbocycles. The molecule has 0 amide bonds. The van der Waals surface area contributed by atoms with E-state index in [1.54, 1.807) is 22.8 Å². The topological polar surface area (TPSA) is 52.0 Å². The monoisotopic (exact) mass is 364 g/mol. The fourth-order valence-corrected chi connectivity index (χ4v) is 4.22. The molecule has 0 saturated heterocycles. The summed E-state index contributed by atoms with van der Waals surface area (Å²) in [6.45, 7) is 2.40. The number of carbonyl (C=O) groups excluding carboxylic acids is 1. The van der Waals surface area contributed by atoms with Gasteiger partial charge in [0.25, 0.3) is 5.56 Å². The van der Waals surface area contributed by atoms with Gasteiger partial charge < -0.3 is 0 Å². The lowest BCUT2D eigenvalue weighted by atomic mass is 10.2. The van der Waals surface area contributed by atoms with Gasteiger partial charge in [-0.1, -0.05) is 35.5 Å². The van der Waals surface area contributed by atoms with Crippen LogP contribution in [0.25, 0.3) is 10.9 Å². The van der Waals surface area contributed by atoms with Crippen molar-refractivity contribution in [2.75, 3.05) is 5.75 Å². The van der Waals surface area contributed by atoms with Gasteiger partial charge >= 0.3 is 0 Å². The lowest BCUT2D eigenvalue weighted by Crippen LogP contribution is -2.22. The Kier molecular flexibility index (Phi) is 4.84. The molecule has 0 bridgehead atoms. The molecule has 3 aromatic rings. The first-order valence-corrected chi connectivity index (χ1v) is 9.19. The van der Waals surface area contributed by atoms with E-state index in [2.05, 4.69) is 4.98 Å². The van der Waals surface area contributed by atoms with E-state index in [4.69, 9.17) is 11.6 Å². The second-order valence-corrected chi connectivity index (χ2v) is 7.43. The minimum atomic E-state index is -0.0767. The maximum atomic E-state index is 12.5. The molecule has 0 aliphatic rings.